The van der Waals surface area contributed by atoms with E-state index < -0.39 is 0 Å². The molecular formula is C13H20ClN3O. The van der Waals surface area contributed by atoms with Crippen LogP contribution in [0.4, 0.5) is 5.69 Å². The summed E-state index contributed by atoms with van der Waals surface area (Å²) in [5.74, 6) is 0.269. The quantitative estimate of drug-likeness (QED) is 0.244. The number of hydrogen-bond acceptors (Lipinski definition) is 3. The predicted octanol–water partition coefficient (Wildman–Crippen LogP) is 3.30. The molecule has 0 aliphatic rings. The van der Waals surface area contributed by atoms with Gasteiger partial charge in [0.1, 0.15) is 5.84 Å². The Morgan fingerprint density at radius 2 is 2.22 bits per heavy atom. The standard InChI is InChI=1S/C13H20ClN3O/c1-13(2,12(15)17-18)7-4-8-16-11-6-3-5-10(14)9-11/h3,5-6,9,16,18H,4,7-8H2,1-2H3,(H2,15,17). The second-order valence-electron chi connectivity index (χ2n) is 4.91. The lowest BCUT2D eigenvalue weighted by Crippen LogP contribution is -2.32. The molecule has 4 N–H and O–H groups in total. The summed E-state index contributed by atoms with van der Waals surface area (Å²) in [6, 6.07) is 7.61. The summed E-state index contributed by atoms with van der Waals surface area (Å²) in [5, 5.41) is 15.7. The SMILES string of the molecule is CC(C)(CCCNc1cccc(Cl)c1)C(N)=NO. The Morgan fingerprint density at radius 3 is 2.83 bits per heavy atom. The van der Waals surface area contributed by atoms with E-state index in [0.29, 0.717) is 0 Å². The summed E-state index contributed by atoms with van der Waals surface area (Å²) < 4.78 is 0. The number of rotatable bonds is 6. The molecule has 5 heteroatoms. The van der Waals surface area contributed by atoms with Gasteiger partial charge in [0.25, 0.3) is 0 Å². The van der Waals surface area contributed by atoms with Crippen LogP contribution in [0.1, 0.15) is 26.7 Å². The third-order valence-corrected chi connectivity index (χ3v) is 3.17. The van der Waals surface area contributed by atoms with Crippen molar-refractivity contribution >= 4 is 23.1 Å². The number of oxime groups is 1. The summed E-state index contributed by atoms with van der Waals surface area (Å²) in [6.45, 7) is 4.74. The van der Waals surface area contributed by atoms with Crippen LogP contribution >= 0.6 is 11.6 Å². The van der Waals surface area contributed by atoms with Crippen molar-refractivity contribution in [1.82, 2.24) is 0 Å². The lowest BCUT2D eigenvalue weighted by molar-refractivity contribution is 0.305. The number of amidine groups is 1. The van der Waals surface area contributed by atoms with Crippen molar-refractivity contribution in [1.29, 1.82) is 0 Å². The van der Waals surface area contributed by atoms with E-state index in [1.807, 2.05) is 38.1 Å². The van der Waals surface area contributed by atoms with Crippen molar-refractivity contribution in [3.05, 3.63) is 29.3 Å². The highest BCUT2D eigenvalue weighted by molar-refractivity contribution is 6.30. The number of nitrogens with two attached hydrogens (primary N) is 1. The second kappa shape index (κ2) is 6.50. The topological polar surface area (TPSA) is 70.6 Å². The highest BCUT2D eigenvalue weighted by Crippen LogP contribution is 2.22. The molecule has 100 valence electrons. The Kier molecular flexibility index (Phi) is 5.28. The van der Waals surface area contributed by atoms with Gasteiger partial charge in [-0.15, -0.1) is 0 Å². The Bertz CT molecular complexity index is 418. The fourth-order valence-corrected chi connectivity index (χ4v) is 1.82. The van der Waals surface area contributed by atoms with E-state index in [1.54, 1.807) is 0 Å². The molecule has 1 aromatic carbocycles. The lowest BCUT2D eigenvalue weighted by Gasteiger charge is -2.22. The molecule has 0 aromatic heterocycles. The number of halogens is 1. The van der Waals surface area contributed by atoms with Crippen molar-refractivity contribution in [3.8, 4) is 0 Å². The first kappa shape index (κ1) is 14.6. The van der Waals surface area contributed by atoms with Gasteiger partial charge in [0.15, 0.2) is 0 Å². The molecule has 0 spiro atoms. The van der Waals surface area contributed by atoms with Gasteiger partial charge in [0.2, 0.25) is 0 Å². The van der Waals surface area contributed by atoms with Crippen molar-refractivity contribution < 1.29 is 5.21 Å². The van der Waals surface area contributed by atoms with Crippen molar-refractivity contribution in [2.24, 2.45) is 16.3 Å². The summed E-state index contributed by atoms with van der Waals surface area (Å²) in [5.41, 5.74) is 6.34. The van der Waals surface area contributed by atoms with Crippen molar-refractivity contribution in [2.45, 2.75) is 26.7 Å². The Balaban J connectivity index is 2.35. The first-order valence-electron chi connectivity index (χ1n) is 5.93. The molecule has 0 unspecified atom stereocenters. The van der Waals surface area contributed by atoms with Crippen LogP contribution in [0.5, 0.6) is 0 Å². The first-order chi connectivity index (χ1) is 8.45. The minimum Gasteiger partial charge on any atom is -0.409 e. The molecule has 18 heavy (non-hydrogen) atoms. The van der Waals surface area contributed by atoms with E-state index in [9.17, 15) is 0 Å². The fraction of sp³-hybridized carbons (Fsp3) is 0.462. The molecule has 0 saturated heterocycles. The van der Waals surface area contributed by atoms with Crippen LogP contribution in [0, 0.1) is 5.41 Å². The van der Waals surface area contributed by atoms with Crippen LogP contribution < -0.4 is 11.1 Å². The lowest BCUT2D eigenvalue weighted by atomic mass is 9.86. The van der Waals surface area contributed by atoms with Gasteiger partial charge < -0.3 is 16.3 Å². The smallest absolute Gasteiger partial charge is 0.144 e. The molecule has 0 aliphatic carbocycles. The van der Waals surface area contributed by atoms with Gasteiger partial charge in [0.05, 0.1) is 0 Å². The van der Waals surface area contributed by atoms with Gasteiger partial charge in [-0.25, -0.2) is 0 Å². The Labute approximate surface area is 113 Å². The number of hydrogen-bond donors (Lipinski definition) is 3. The molecule has 0 aliphatic heterocycles. The van der Waals surface area contributed by atoms with Crippen LogP contribution in [0.25, 0.3) is 0 Å². The monoisotopic (exact) mass is 269 g/mol. The van der Waals surface area contributed by atoms with Crippen LogP contribution in [-0.2, 0) is 0 Å². The number of anilines is 1. The molecule has 0 bridgehead atoms. The third kappa shape index (κ3) is 4.45. The van der Waals surface area contributed by atoms with Gasteiger partial charge in [-0.2, -0.15) is 0 Å². The molecular weight excluding hydrogens is 250 g/mol. The van der Waals surface area contributed by atoms with E-state index in [-0.39, 0.29) is 11.3 Å². The minimum absolute atomic E-state index is 0.269. The average molecular weight is 270 g/mol. The van der Waals surface area contributed by atoms with E-state index in [1.165, 1.54) is 0 Å². The molecule has 0 amide bonds. The summed E-state index contributed by atoms with van der Waals surface area (Å²) >= 11 is 5.89. The van der Waals surface area contributed by atoms with Crippen LogP contribution in [0.15, 0.2) is 29.4 Å². The summed E-state index contributed by atoms with van der Waals surface area (Å²) in [6.07, 6.45) is 1.77. The largest absolute Gasteiger partial charge is 0.409 e. The molecule has 0 atom stereocenters. The van der Waals surface area contributed by atoms with Crippen molar-refractivity contribution in [3.63, 3.8) is 0 Å². The van der Waals surface area contributed by atoms with E-state index in [4.69, 9.17) is 22.5 Å². The number of nitrogens with one attached hydrogen (secondary N) is 1. The normalized spacial score (nSPS) is 12.5. The zero-order valence-electron chi connectivity index (χ0n) is 10.8. The van der Waals surface area contributed by atoms with Gasteiger partial charge in [-0.3, -0.25) is 0 Å². The number of benzene rings is 1. The molecule has 0 saturated carbocycles. The summed E-state index contributed by atoms with van der Waals surface area (Å²) in [4.78, 5) is 0. The van der Waals surface area contributed by atoms with Crippen LogP contribution in [0.3, 0.4) is 0 Å². The predicted molar refractivity (Wildman–Crippen MR) is 76.4 cm³/mol. The second-order valence-corrected chi connectivity index (χ2v) is 5.35. The van der Waals surface area contributed by atoms with Gasteiger partial charge in [-0.05, 0) is 31.0 Å². The zero-order valence-corrected chi connectivity index (χ0v) is 11.5. The number of nitrogens with zero attached hydrogens (tertiary/aromatic N) is 1. The maximum Gasteiger partial charge on any atom is 0.144 e. The Morgan fingerprint density at radius 1 is 1.50 bits per heavy atom. The van der Waals surface area contributed by atoms with Gasteiger partial charge >= 0.3 is 0 Å². The fourth-order valence-electron chi connectivity index (χ4n) is 1.62. The van der Waals surface area contributed by atoms with Crippen LogP contribution in [0.2, 0.25) is 5.02 Å². The molecule has 4 nitrogen and oxygen atoms in total. The highest BCUT2D eigenvalue weighted by Gasteiger charge is 2.22. The summed E-state index contributed by atoms with van der Waals surface area (Å²) in [7, 11) is 0. The van der Waals surface area contributed by atoms with Crippen molar-refractivity contribution in [2.75, 3.05) is 11.9 Å². The van der Waals surface area contributed by atoms with Gasteiger partial charge in [-0.1, -0.05) is 36.7 Å². The van der Waals surface area contributed by atoms with E-state index >= 15 is 0 Å². The Hall–Kier alpha value is -1.42. The maximum absolute atomic E-state index is 8.67. The van der Waals surface area contributed by atoms with E-state index in [0.717, 1.165) is 30.1 Å². The average Bonchev–Trinajstić information content (AvgIpc) is 2.33. The van der Waals surface area contributed by atoms with E-state index in [2.05, 4.69) is 10.5 Å². The van der Waals surface area contributed by atoms with Crippen LogP contribution in [-0.4, -0.2) is 17.6 Å². The maximum atomic E-state index is 8.67. The molecule has 1 rings (SSSR count). The van der Waals surface area contributed by atoms with Gasteiger partial charge in [0, 0.05) is 22.7 Å². The molecule has 0 radical (unpaired) electrons. The molecule has 0 heterocycles. The minimum atomic E-state index is -0.287. The molecule has 1 aromatic rings. The zero-order chi connectivity index (χ0) is 13.6. The molecule has 0 fully saturated rings. The third-order valence-electron chi connectivity index (χ3n) is 2.93. The highest BCUT2D eigenvalue weighted by atomic mass is 35.5. The first-order valence-corrected chi connectivity index (χ1v) is 6.31.